The van der Waals surface area contributed by atoms with Crippen LogP contribution in [0.5, 0.6) is 0 Å². The SMILES string of the molecule is CCCc1cc(C(=O)NC[C@@H](C)N(C)c2ccccc2)n[nH]1. The molecule has 0 bridgehead atoms. The van der Waals surface area contributed by atoms with Crippen LogP contribution in [0.15, 0.2) is 36.4 Å². The normalized spacial score (nSPS) is 12.0. The number of likely N-dealkylation sites (N-methyl/N-ethyl adjacent to an activating group) is 1. The van der Waals surface area contributed by atoms with Gasteiger partial charge in [0.05, 0.1) is 0 Å². The zero-order valence-corrected chi connectivity index (χ0v) is 13.5. The topological polar surface area (TPSA) is 61.0 Å². The Balaban J connectivity index is 1.87. The lowest BCUT2D eigenvalue weighted by Gasteiger charge is -2.27. The first-order valence-corrected chi connectivity index (χ1v) is 7.72. The number of carbonyl (C=O) groups is 1. The third-order valence-corrected chi connectivity index (χ3v) is 3.77. The minimum atomic E-state index is -0.132. The van der Waals surface area contributed by atoms with Gasteiger partial charge in [0.25, 0.3) is 5.91 Å². The minimum Gasteiger partial charge on any atom is -0.370 e. The van der Waals surface area contributed by atoms with E-state index in [2.05, 4.69) is 46.4 Å². The van der Waals surface area contributed by atoms with Crippen molar-refractivity contribution in [3.8, 4) is 0 Å². The quantitative estimate of drug-likeness (QED) is 0.826. The van der Waals surface area contributed by atoms with E-state index in [9.17, 15) is 4.79 Å². The molecule has 1 atom stereocenters. The van der Waals surface area contributed by atoms with Crippen LogP contribution in [-0.4, -0.2) is 35.7 Å². The predicted octanol–water partition coefficient (Wildman–Crippen LogP) is 2.62. The van der Waals surface area contributed by atoms with Crippen LogP contribution >= 0.6 is 0 Å². The molecular formula is C17H24N4O. The minimum absolute atomic E-state index is 0.132. The molecule has 1 aromatic carbocycles. The van der Waals surface area contributed by atoms with Gasteiger partial charge in [0.2, 0.25) is 0 Å². The Hall–Kier alpha value is -2.30. The summed E-state index contributed by atoms with van der Waals surface area (Å²) < 4.78 is 0. The van der Waals surface area contributed by atoms with Crippen LogP contribution < -0.4 is 10.2 Å². The Morgan fingerprint density at radius 1 is 1.36 bits per heavy atom. The number of nitrogens with zero attached hydrogens (tertiary/aromatic N) is 2. The second-order valence-electron chi connectivity index (χ2n) is 5.53. The molecule has 2 aromatic rings. The molecule has 0 radical (unpaired) electrons. The molecule has 22 heavy (non-hydrogen) atoms. The van der Waals surface area contributed by atoms with Gasteiger partial charge in [0, 0.05) is 31.0 Å². The number of aromatic nitrogens is 2. The van der Waals surface area contributed by atoms with Crippen molar-refractivity contribution in [3.63, 3.8) is 0 Å². The van der Waals surface area contributed by atoms with Gasteiger partial charge in [0.1, 0.15) is 5.69 Å². The van der Waals surface area contributed by atoms with Gasteiger partial charge in [-0.1, -0.05) is 31.5 Å². The number of carbonyl (C=O) groups excluding carboxylic acids is 1. The zero-order chi connectivity index (χ0) is 15.9. The van der Waals surface area contributed by atoms with Gasteiger partial charge in [-0.3, -0.25) is 9.89 Å². The number of H-pyrrole nitrogens is 1. The Morgan fingerprint density at radius 2 is 2.09 bits per heavy atom. The Bertz CT molecular complexity index is 594. The second kappa shape index (κ2) is 7.64. The molecule has 5 heteroatoms. The number of para-hydroxylation sites is 1. The fourth-order valence-electron chi connectivity index (χ4n) is 2.26. The third kappa shape index (κ3) is 4.10. The number of rotatable bonds is 7. The molecule has 0 unspecified atom stereocenters. The zero-order valence-electron chi connectivity index (χ0n) is 13.5. The molecular weight excluding hydrogens is 276 g/mol. The molecule has 118 valence electrons. The molecule has 0 fully saturated rings. The first kappa shape index (κ1) is 16.1. The van der Waals surface area contributed by atoms with Crippen LogP contribution in [0.1, 0.15) is 36.5 Å². The van der Waals surface area contributed by atoms with Crippen molar-refractivity contribution in [1.82, 2.24) is 15.5 Å². The highest BCUT2D eigenvalue weighted by atomic mass is 16.1. The number of aryl methyl sites for hydroxylation is 1. The van der Waals surface area contributed by atoms with Crippen molar-refractivity contribution >= 4 is 11.6 Å². The van der Waals surface area contributed by atoms with Crippen molar-refractivity contribution in [2.45, 2.75) is 32.7 Å². The molecule has 0 spiro atoms. The first-order chi connectivity index (χ1) is 10.6. The summed E-state index contributed by atoms with van der Waals surface area (Å²) in [4.78, 5) is 14.3. The van der Waals surface area contributed by atoms with Gasteiger partial charge in [0.15, 0.2) is 0 Å². The van der Waals surface area contributed by atoms with Crippen LogP contribution in [0, 0.1) is 0 Å². The molecule has 0 saturated heterocycles. The number of nitrogens with one attached hydrogen (secondary N) is 2. The summed E-state index contributed by atoms with van der Waals surface area (Å²) in [6, 6.07) is 12.2. The lowest BCUT2D eigenvalue weighted by atomic mass is 10.2. The molecule has 0 aliphatic carbocycles. The largest absolute Gasteiger partial charge is 0.370 e. The maximum Gasteiger partial charge on any atom is 0.271 e. The van der Waals surface area contributed by atoms with E-state index in [1.165, 1.54) is 0 Å². The third-order valence-electron chi connectivity index (χ3n) is 3.77. The number of amides is 1. The van der Waals surface area contributed by atoms with E-state index < -0.39 is 0 Å². The van der Waals surface area contributed by atoms with Crippen molar-refractivity contribution < 1.29 is 4.79 Å². The van der Waals surface area contributed by atoms with Gasteiger partial charge in [-0.2, -0.15) is 5.10 Å². The van der Waals surface area contributed by atoms with Gasteiger partial charge >= 0.3 is 0 Å². The van der Waals surface area contributed by atoms with Gasteiger partial charge < -0.3 is 10.2 Å². The van der Waals surface area contributed by atoms with E-state index >= 15 is 0 Å². The summed E-state index contributed by atoms with van der Waals surface area (Å²) >= 11 is 0. The molecule has 2 rings (SSSR count). The van der Waals surface area contributed by atoms with Crippen molar-refractivity contribution in [2.24, 2.45) is 0 Å². The maximum atomic E-state index is 12.1. The molecule has 1 heterocycles. The molecule has 1 amide bonds. The van der Waals surface area contributed by atoms with Crippen LogP contribution in [0.2, 0.25) is 0 Å². The van der Waals surface area contributed by atoms with E-state index in [0.717, 1.165) is 24.2 Å². The van der Waals surface area contributed by atoms with Gasteiger partial charge in [-0.15, -0.1) is 0 Å². The molecule has 0 aliphatic rings. The average molecular weight is 300 g/mol. The summed E-state index contributed by atoms with van der Waals surface area (Å²) in [5.41, 5.74) is 2.59. The van der Waals surface area contributed by atoms with Crippen LogP contribution in [0.4, 0.5) is 5.69 Å². The predicted molar refractivity (Wildman–Crippen MR) is 89.2 cm³/mol. The molecule has 2 N–H and O–H groups in total. The van der Waals surface area contributed by atoms with E-state index in [1.54, 1.807) is 0 Å². The molecule has 0 aliphatic heterocycles. The number of hydrogen-bond donors (Lipinski definition) is 2. The van der Waals surface area contributed by atoms with Gasteiger partial charge in [-0.25, -0.2) is 0 Å². The summed E-state index contributed by atoms with van der Waals surface area (Å²) in [6.45, 7) is 4.75. The molecule has 5 nitrogen and oxygen atoms in total. The van der Waals surface area contributed by atoms with E-state index in [4.69, 9.17) is 0 Å². The molecule has 0 saturated carbocycles. The van der Waals surface area contributed by atoms with Crippen molar-refractivity contribution in [3.05, 3.63) is 47.8 Å². The first-order valence-electron chi connectivity index (χ1n) is 7.72. The number of anilines is 1. The average Bonchev–Trinajstić information content (AvgIpc) is 3.01. The van der Waals surface area contributed by atoms with Crippen LogP contribution in [-0.2, 0) is 6.42 Å². The van der Waals surface area contributed by atoms with E-state index in [0.29, 0.717) is 12.2 Å². The van der Waals surface area contributed by atoms with Crippen molar-refractivity contribution in [2.75, 3.05) is 18.5 Å². The number of benzene rings is 1. The summed E-state index contributed by atoms with van der Waals surface area (Å²) in [6.07, 6.45) is 1.94. The maximum absolute atomic E-state index is 12.1. The summed E-state index contributed by atoms with van der Waals surface area (Å²) in [5, 5.41) is 9.91. The number of hydrogen-bond acceptors (Lipinski definition) is 3. The Labute approximate surface area is 131 Å². The Morgan fingerprint density at radius 3 is 2.77 bits per heavy atom. The van der Waals surface area contributed by atoms with Crippen LogP contribution in [0.3, 0.4) is 0 Å². The smallest absolute Gasteiger partial charge is 0.271 e. The highest BCUT2D eigenvalue weighted by Gasteiger charge is 2.14. The highest BCUT2D eigenvalue weighted by molar-refractivity contribution is 5.92. The highest BCUT2D eigenvalue weighted by Crippen LogP contribution is 2.13. The number of aromatic amines is 1. The molecule has 1 aromatic heterocycles. The monoisotopic (exact) mass is 300 g/mol. The van der Waals surface area contributed by atoms with Crippen molar-refractivity contribution in [1.29, 1.82) is 0 Å². The summed E-state index contributed by atoms with van der Waals surface area (Å²) in [5.74, 6) is -0.132. The summed E-state index contributed by atoms with van der Waals surface area (Å²) in [7, 11) is 2.03. The standard InChI is InChI=1S/C17H24N4O/c1-4-8-14-11-16(20-19-14)17(22)18-12-13(2)21(3)15-9-6-5-7-10-15/h5-7,9-11,13H,4,8,12H2,1-3H3,(H,18,22)(H,19,20)/t13-/m1/s1. The van der Waals surface area contributed by atoms with E-state index in [-0.39, 0.29) is 11.9 Å². The Kier molecular flexibility index (Phi) is 5.58. The van der Waals surface area contributed by atoms with Gasteiger partial charge in [-0.05, 0) is 31.5 Å². The fourth-order valence-corrected chi connectivity index (χ4v) is 2.26. The second-order valence-corrected chi connectivity index (χ2v) is 5.53. The lowest BCUT2D eigenvalue weighted by Crippen LogP contribution is -2.40. The van der Waals surface area contributed by atoms with E-state index in [1.807, 2.05) is 31.3 Å². The lowest BCUT2D eigenvalue weighted by molar-refractivity contribution is 0.0946. The fraction of sp³-hybridized carbons (Fsp3) is 0.412. The van der Waals surface area contributed by atoms with Crippen LogP contribution in [0.25, 0.3) is 0 Å².